The molecule has 0 aromatic heterocycles. The van der Waals surface area contributed by atoms with E-state index in [1.54, 1.807) is 0 Å². The molecule has 0 unspecified atom stereocenters. The van der Waals surface area contributed by atoms with Crippen LogP contribution in [0.5, 0.6) is 0 Å². The van der Waals surface area contributed by atoms with Gasteiger partial charge in [0.1, 0.15) is 82.5 Å². The molecule has 0 N–H and O–H groups in total. The molecule has 0 saturated carbocycles. The summed E-state index contributed by atoms with van der Waals surface area (Å²) in [6, 6.07) is 9.55. The lowest BCUT2D eigenvalue weighted by Crippen LogP contribution is -2.19. The molecule has 0 bridgehead atoms. The Morgan fingerprint density at radius 2 is 0.700 bits per heavy atom. The van der Waals surface area contributed by atoms with Gasteiger partial charge in [-0.2, -0.15) is 94.8 Å². The Labute approximate surface area is 324 Å². The van der Waals surface area contributed by atoms with E-state index < -0.39 is 148 Å². The SMILES string of the molecule is N#CC(C#N)=C1C(c2cc(F)c(C(F)(F)F)c(C(F)(F)F)c2)=C(C#N)c2c(C#N)c3c(c(C#N)c21)C(C#N)=C(c1cc(F)c(C(F)(F)F)c(C(F)(F)F)c1)C3=C(C#N)C#N. The highest BCUT2D eigenvalue weighted by Crippen LogP contribution is 2.59. The maximum absolute atomic E-state index is 15.2. The minimum Gasteiger partial charge on any atom is -0.206 e. The summed E-state index contributed by atoms with van der Waals surface area (Å²) in [5.74, 6) is -5.24. The van der Waals surface area contributed by atoms with Crippen LogP contribution in [0.3, 0.4) is 0 Å². The number of allylic oxidation sites excluding steroid dienone is 8. The van der Waals surface area contributed by atoms with Gasteiger partial charge < -0.3 is 0 Å². The van der Waals surface area contributed by atoms with Crippen LogP contribution in [0, 0.1) is 102 Å². The minimum absolute atomic E-state index is 0.195. The van der Waals surface area contributed by atoms with Crippen LogP contribution < -0.4 is 0 Å². The Hall–Kier alpha value is -8.44. The molecular weight excluding hydrogens is 834 g/mol. The van der Waals surface area contributed by atoms with Crippen molar-refractivity contribution in [1.29, 1.82) is 42.1 Å². The zero-order valence-electron chi connectivity index (χ0n) is 28.2. The molecule has 294 valence electrons. The summed E-state index contributed by atoms with van der Waals surface area (Å²) in [4.78, 5) is 0. The van der Waals surface area contributed by atoms with Crippen LogP contribution in [0.4, 0.5) is 61.5 Å². The summed E-state index contributed by atoms with van der Waals surface area (Å²) < 4.78 is 197. The molecule has 3 aromatic carbocycles. The highest BCUT2D eigenvalue weighted by atomic mass is 19.4. The van der Waals surface area contributed by atoms with Crippen molar-refractivity contribution in [2.75, 3.05) is 0 Å². The molecule has 8 nitrogen and oxygen atoms in total. The zero-order valence-corrected chi connectivity index (χ0v) is 28.2. The van der Waals surface area contributed by atoms with Crippen molar-refractivity contribution < 1.29 is 61.5 Å². The van der Waals surface area contributed by atoms with Gasteiger partial charge >= 0.3 is 24.7 Å². The Kier molecular flexibility index (Phi) is 10.1. The summed E-state index contributed by atoms with van der Waals surface area (Å²) in [6.07, 6.45) is -24.0. The third-order valence-electron chi connectivity index (χ3n) is 8.83. The molecule has 0 radical (unpaired) electrons. The number of fused-ring (bicyclic) bond motifs is 2. The second kappa shape index (κ2) is 14.2. The minimum atomic E-state index is -6.01. The average molecular weight is 838 g/mol. The van der Waals surface area contributed by atoms with Gasteiger partial charge in [-0.15, -0.1) is 0 Å². The second-order valence-corrected chi connectivity index (χ2v) is 11.9. The first kappa shape index (κ1) is 42.7. The Morgan fingerprint density at radius 1 is 0.400 bits per heavy atom. The molecule has 0 heterocycles. The van der Waals surface area contributed by atoms with E-state index in [9.17, 15) is 94.8 Å². The third-order valence-corrected chi connectivity index (χ3v) is 8.83. The van der Waals surface area contributed by atoms with Gasteiger partial charge in [0.2, 0.25) is 0 Å². The van der Waals surface area contributed by atoms with Gasteiger partial charge in [0.05, 0.1) is 33.4 Å². The molecule has 0 spiro atoms. The highest BCUT2D eigenvalue weighted by Gasteiger charge is 2.50. The molecule has 0 amide bonds. The maximum Gasteiger partial charge on any atom is 0.419 e. The summed E-state index contributed by atoms with van der Waals surface area (Å²) in [6.45, 7) is 0. The van der Waals surface area contributed by atoms with Gasteiger partial charge in [-0.3, -0.25) is 0 Å². The quantitative estimate of drug-likeness (QED) is 0.180. The molecule has 22 heteroatoms. The fourth-order valence-electron chi connectivity index (χ4n) is 6.82. The van der Waals surface area contributed by atoms with E-state index >= 15 is 8.78 Å². The van der Waals surface area contributed by atoms with Crippen LogP contribution >= 0.6 is 0 Å². The van der Waals surface area contributed by atoms with E-state index in [0.717, 1.165) is 0 Å². The molecule has 3 aromatic rings. The number of rotatable bonds is 2. The number of alkyl halides is 12. The Balaban J connectivity index is 2.11. The maximum atomic E-state index is 15.2. The van der Waals surface area contributed by atoms with Crippen LogP contribution in [0.15, 0.2) is 35.4 Å². The molecular formula is C38H4F14N8. The van der Waals surface area contributed by atoms with E-state index in [-0.39, 0.29) is 24.3 Å². The molecule has 5 rings (SSSR count). The molecule has 0 saturated heterocycles. The van der Waals surface area contributed by atoms with Crippen molar-refractivity contribution in [3.05, 3.63) is 114 Å². The second-order valence-electron chi connectivity index (χ2n) is 11.9. The smallest absolute Gasteiger partial charge is 0.206 e. The van der Waals surface area contributed by atoms with Gasteiger partial charge in [0.15, 0.2) is 0 Å². The predicted molar refractivity (Wildman–Crippen MR) is 170 cm³/mol. The van der Waals surface area contributed by atoms with Crippen molar-refractivity contribution in [1.82, 2.24) is 0 Å². The van der Waals surface area contributed by atoms with Crippen LogP contribution in [0.2, 0.25) is 0 Å². The van der Waals surface area contributed by atoms with Crippen molar-refractivity contribution in [3.63, 3.8) is 0 Å². The Morgan fingerprint density at radius 3 is 0.917 bits per heavy atom. The average Bonchev–Trinajstić information content (AvgIpc) is 3.66. The number of nitriles is 8. The van der Waals surface area contributed by atoms with Crippen molar-refractivity contribution in [2.24, 2.45) is 0 Å². The lowest BCUT2D eigenvalue weighted by Gasteiger charge is -2.19. The molecule has 2 aliphatic rings. The summed E-state index contributed by atoms with van der Waals surface area (Å²) in [5.41, 5.74) is -29.8. The van der Waals surface area contributed by atoms with E-state index in [2.05, 4.69) is 0 Å². The first-order valence-corrected chi connectivity index (χ1v) is 15.2. The van der Waals surface area contributed by atoms with Crippen molar-refractivity contribution in [2.45, 2.75) is 24.7 Å². The van der Waals surface area contributed by atoms with Crippen LogP contribution in [0.1, 0.15) is 66.8 Å². The molecule has 0 aliphatic heterocycles. The van der Waals surface area contributed by atoms with Gasteiger partial charge in [-0.05, 0) is 35.4 Å². The fraction of sp³-hybridized carbons (Fsp3) is 0.105. The lowest BCUT2D eigenvalue weighted by molar-refractivity contribution is -0.163. The predicted octanol–water partition coefficient (Wildman–Crippen LogP) is 10.3. The standard InChI is InChI=1S/C38H4F14N8/c39-23-3-13(1-21(35(41,42)43)33(23)37(47,48)49)25-17(9-57)29-19(11-59)32-28(16(7-55)8-56)26(14-2-22(36(44,45)46)34(24(40)4-14)38(50,51)52)18(10-58)30(32)20(12-60)31(29)27(25)15(5-53)6-54/h1-4H. The number of halogens is 14. The van der Waals surface area contributed by atoms with Crippen LogP contribution in [-0.4, -0.2) is 0 Å². The molecule has 0 atom stereocenters. The number of nitrogens with zero attached hydrogens (tertiary/aromatic N) is 8. The number of hydrogen-bond donors (Lipinski definition) is 0. The number of benzene rings is 3. The monoisotopic (exact) mass is 838 g/mol. The Bertz CT molecular complexity index is 2790. The zero-order chi connectivity index (χ0) is 45.2. The van der Waals surface area contributed by atoms with Gasteiger partial charge in [-0.25, -0.2) is 8.78 Å². The molecule has 0 fully saturated rings. The summed E-state index contributed by atoms with van der Waals surface area (Å²) >= 11 is 0. The first-order chi connectivity index (χ1) is 27.8. The van der Waals surface area contributed by atoms with Gasteiger partial charge in [0.25, 0.3) is 0 Å². The molecule has 60 heavy (non-hydrogen) atoms. The topological polar surface area (TPSA) is 190 Å². The summed E-state index contributed by atoms with van der Waals surface area (Å²) in [7, 11) is 0. The van der Waals surface area contributed by atoms with Gasteiger partial charge in [0, 0.05) is 44.5 Å². The van der Waals surface area contributed by atoms with Gasteiger partial charge in [-0.1, -0.05) is 0 Å². The largest absolute Gasteiger partial charge is 0.419 e. The van der Waals surface area contributed by atoms with Crippen LogP contribution in [0.25, 0.3) is 33.4 Å². The van der Waals surface area contributed by atoms with E-state index in [1.165, 1.54) is 48.6 Å². The number of hydrogen-bond acceptors (Lipinski definition) is 8. The van der Waals surface area contributed by atoms with E-state index in [1.807, 2.05) is 0 Å². The third kappa shape index (κ3) is 6.36. The van der Waals surface area contributed by atoms with Crippen LogP contribution in [-0.2, 0) is 24.7 Å². The van der Waals surface area contributed by atoms with Crippen molar-refractivity contribution in [3.8, 4) is 48.6 Å². The first-order valence-electron chi connectivity index (χ1n) is 15.2. The normalized spacial score (nSPS) is 13.5. The highest BCUT2D eigenvalue weighted by molar-refractivity contribution is 6.32. The molecule has 2 aliphatic carbocycles. The van der Waals surface area contributed by atoms with E-state index in [0.29, 0.717) is 0 Å². The summed E-state index contributed by atoms with van der Waals surface area (Å²) in [5, 5.41) is 81.7. The lowest BCUT2D eigenvalue weighted by atomic mass is 9.82. The van der Waals surface area contributed by atoms with Crippen molar-refractivity contribution >= 4 is 33.4 Å². The fourth-order valence-corrected chi connectivity index (χ4v) is 6.82. The van der Waals surface area contributed by atoms with E-state index in [4.69, 9.17) is 0 Å².